The summed E-state index contributed by atoms with van der Waals surface area (Å²) in [5.41, 5.74) is 3.08. The number of hydrogen-bond donors (Lipinski definition) is 1. The average Bonchev–Trinajstić information content (AvgIpc) is 2.59. The molecular weight excluding hydrogens is 302 g/mol. The summed E-state index contributed by atoms with van der Waals surface area (Å²) < 4.78 is 5.49. The highest BCUT2D eigenvalue weighted by molar-refractivity contribution is 5.91. The van der Waals surface area contributed by atoms with Crippen LogP contribution in [0.2, 0.25) is 0 Å². The van der Waals surface area contributed by atoms with Gasteiger partial charge in [0.2, 0.25) is 0 Å². The van der Waals surface area contributed by atoms with Crippen molar-refractivity contribution in [2.45, 2.75) is 33.1 Å². The van der Waals surface area contributed by atoms with E-state index in [-0.39, 0.29) is 18.3 Å². The van der Waals surface area contributed by atoms with Gasteiger partial charge < -0.3 is 14.8 Å². The van der Waals surface area contributed by atoms with Crippen molar-refractivity contribution in [3.63, 3.8) is 0 Å². The van der Waals surface area contributed by atoms with Crippen molar-refractivity contribution < 1.29 is 14.3 Å². The summed E-state index contributed by atoms with van der Waals surface area (Å²) in [6.07, 6.45) is 2.24. The summed E-state index contributed by atoms with van der Waals surface area (Å²) in [4.78, 5) is 22.9. The molecule has 0 spiro atoms. The van der Waals surface area contributed by atoms with Gasteiger partial charge in [-0.3, -0.25) is 4.79 Å². The molecule has 0 saturated heterocycles. The Labute approximate surface area is 142 Å². The van der Waals surface area contributed by atoms with Crippen molar-refractivity contribution >= 4 is 17.4 Å². The summed E-state index contributed by atoms with van der Waals surface area (Å²) in [5.74, 6) is 0.622. The Kier molecular flexibility index (Phi) is 6.55. The summed E-state index contributed by atoms with van der Waals surface area (Å²) in [6, 6.07) is 15.2. The maximum Gasteiger partial charge on any atom is 0.262 e. The first-order valence-corrected chi connectivity index (χ1v) is 8.17. The van der Waals surface area contributed by atoms with Crippen molar-refractivity contribution in [1.82, 2.24) is 0 Å². The van der Waals surface area contributed by atoms with E-state index in [2.05, 4.69) is 12.2 Å². The second-order valence-electron chi connectivity index (χ2n) is 5.73. The lowest BCUT2D eigenvalue weighted by molar-refractivity contribution is -0.118. The van der Waals surface area contributed by atoms with Crippen LogP contribution in [0.25, 0.3) is 0 Å². The molecule has 0 atom stereocenters. The van der Waals surface area contributed by atoms with Gasteiger partial charge >= 0.3 is 0 Å². The van der Waals surface area contributed by atoms with Crippen LogP contribution in [0.3, 0.4) is 0 Å². The molecule has 2 aromatic rings. The third-order valence-corrected chi connectivity index (χ3v) is 3.70. The highest BCUT2D eigenvalue weighted by Gasteiger charge is 2.04. The molecule has 0 aromatic heterocycles. The number of ketones is 1. The van der Waals surface area contributed by atoms with E-state index in [0.717, 1.165) is 24.1 Å². The molecule has 24 heavy (non-hydrogen) atoms. The van der Waals surface area contributed by atoms with E-state index in [9.17, 15) is 9.59 Å². The first kappa shape index (κ1) is 17.7. The Morgan fingerprint density at radius 2 is 1.58 bits per heavy atom. The SMILES string of the molecule is CCc1ccc(NC(=O)COc2ccc(CCC(C)=O)cc2)cc1. The monoisotopic (exact) mass is 325 g/mol. The third-order valence-electron chi connectivity index (χ3n) is 3.70. The zero-order chi connectivity index (χ0) is 17.4. The Bertz CT molecular complexity index is 675. The van der Waals surface area contributed by atoms with E-state index in [1.807, 2.05) is 48.5 Å². The van der Waals surface area contributed by atoms with Crippen LogP contribution in [-0.4, -0.2) is 18.3 Å². The van der Waals surface area contributed by atoms with E-state index in [1.165, 1.54) is 5.56 Å². The van der Waals surface area contributed by atoms with Gasteiger partial charge in [-0.2, -0.15) is 0 Å². The number of nitrogens with one attached hydrogen (secondary N) is 1. The van der Waals surface area contributed by atoms with Crippen LogP contribution in [0.15, 0.2) is 48.5 Å². The van der Waals surface area contributed by atoms with Crippen LogP contribution in [0.1, 0.15) is 31.4 Å². The second kappa shape index (κ2) is 8.87. The summed E-state index contributed by atoms with van der Waals surface area (Å²) >= 11 is 0. The van der Waals surface area contributed by atoms with Crippen LogP contribution in [0.5, 0.6) is 5.75 Å². The molecule has 126 valence electrons. The van der Waals surface area contributed by atoms with Gasteiger partial charge in [-0.1, -0.05) is 31.2 Å². The first-order valence-electron chi connectivity index (χ1n) is 8.17. The number of hydrogen-bond acceptors (Lipinski definition) is 3. The van der Waals surface area contributed by atoms with Gasteiger partial charge in [0.05, 0.1) is 0 Å². The number of ether oxygens (including phenoxy) is 1. The van der Waals surface area contributed by atoms with E-state index in [1.54, 1.807) is 6.92 Å². The molecule has 2 rings (SSSR count). The Balaban J connectivity index is 1.79. The molecule has 2 aromatic carbocycles. The van der Waals surface area contributed by atoms with Gasteiger partial charge in [0.25, 0.3) is 5.91 Å². The zero-order valence-corrected chi connectivity index (χ0v) is 14.2. The number of anilines is 1. The van der Waals surface area contributed by atoms with Crippen LogP contribution in [0, 0.1) is 0 Å². The van der Waals surface area contributed by atoms with E-state index < -0.39 is 0 Å². The lowest BCUT2D eigenvalue weighted by Crippen LogP contribution is -2.20. The standard InChI is InChI=1S/C20H23NO3/c1-3-16-6-10-18(11-7-16)21-20(23)14-24-19-12-8-17(9-13-19)5-4-15(2)22/h6-13H,3-5,14H2,1-2H3,(H,21,23). The second-order valence-corrected chi connectivity index (χ2v) is 5.73. The molecule has 0 fully saturated rings. The van der Waals surface area contributed by atoms with Gasteiger partial charge in [0, 0.05) is 12.1 Å². The molecule has 0 unspecified atom stereocenters. The van der Waals surface area contributed by atoms with Crippen LogP contribution in [-0.2, 0) is 22.4 Å². The normalized spacial score (nSPS) is 10.2. The van der Waals surface area contributed by atoms with Crippen molar-refractivity contribution in [3.8, 4) is 5.75 Å². The molecule has 1 amide bonds. The van der Waals surface area contributed by atoms with Gasteiger partial charge in [-0.25, -0.2) is 0 Å². The molecule has 0 radical (unpaired) electrons. The highest BCUT2D eigenvalue weighted by atomic mass is 16.5. The molecule has 0 heterocycles. The molecule has 0 aliphatic rings. The molecule has 0 saturated carbocycles. The Hall–Kier alpha value is -2.62. The molecule has 0 aliphatic heterocycles. The summed E-state index contributed by atoms with van der Waals surface area (Å²) in [7, 11) is 0. The number of carbonyl (C=O) groups is 2. The van der Waals surface area contributed by atoms with Gasteiger partial charge in [-0.15, -0.1) is 0 Å². The average molecular weight is 325 g/mol. The number of rotatable bonds is 8. The van der Waals surface area contributed by atoms with Gasteiger partial charge in [0.15, 0.2) is 6.61 Å². The third kappa shape index (κ3) is 5.88. The maximum atomic E-state index is 11.9. The van der Waals surface area contributed by atoms with Crippen molar-refractivity contribution in [1.29, 1.82) is 0 Å². The minimum atomic E-state index is -0.195. The molecule has 0 bridgehead atoms. The molecular formula is C20H23NO3. The largest absolute Gasteiger partial charge is 0.484 e. The fourth-order valence-electron chi connectivity index (χ4n) is 2.24. The fraction of sp³-hybridized carbons (Fsp3) is 0.300. The number of benzene rings is 2. The van der Waals surface area contributed by atoms with Gasteiger partial charge in [0.1, 0.15) is 11.5 Å². The minimum absolute atomic E-state index is 0.0394. The summed E-state index contributed by atoms with van der Waals surface area (Å²) in [6.45, 7) is 3.64. The van der Waals surface area contributed by atoms with Crippen LogP contribution in [0.4, 0.5) is 5.69 Å². The fourth-order valence-corrected chi connectivity index (χ4v) is 2.24. The predicted molar refractivity (Wildman–Crippen MR) is 95.4 cm³/mol. The highest BCUT2D eigenvalue weighted by Crippen LogP contribution is 2.14. The topological polar surface area (TPSA) is 55.4 Å². The van der Waals surface area contributed by atoms with E-state index >= 15 is 0 Å². The van der Waals surface area contributed by atoms with E-state index in [4.69, 9.17) is 4.74 Å². The quantitative estimate of drug-likeness (QED) is 0.803. The molecule has 4 heteroatoms. The van der Waals surface area contributed by atoms with Crippen LogP contribution >= 0.6 is 0 Å². The molecule has 1 N–H and O–H groups in total. The smallest absolute Gasteiger partial charge is 0.262 e. The zero-order valence-electron chi connectivity index (χ0n) is 14.2. The number of aryl methyl sites for hydroxylation is 2. The van der Waals surface area contributed by atoms with Crippen molar-refractivity contribution in [2.24, 2.45) is 0 Å². The van der Waals surface area contributed by atoms with Crippen molar-refractivity contribution in [2.75, 3.05) is 11.9 Å². The number of carbonyl (C=O) groups excluding carboxylic acids is 2. The molecule has 0 aliphatic carbocycles. The first-order chi connectivity index (χ1) is 11.6. The lowest BCUT2D eigenvalue weighted by Gasteiger charge is -2.08. The molecule has 4 nitrogen and oxygen atoms in total. The van der Waals surface area contributed by atoms with E-state index in [0.29, 0.717) is 12.2 Å². The predicted octanol–water partition coefficient (Wildman–Crippen LogP) is 3.79. The maximum absolute atomic E-state index is 11.9. The number of Topliss-reactive ketones (excluding diaryl/α,β-unsaturated/α-hetero) is 1. The Morgan fingerprint density at radius 3 is 2.17 bits per heavy atom. The lowest BCUT2D eigenvalue weighted by atomic mass is 10.1. The minimum Gasteiger partial charge on any atom is -0.484 e. The van der Waals surface area contributed by atoms with Crippen LogP contribution < -0.4 is 10.1 Å². The number of amides is 1. The van der Waals surface area contributed by atoms with Gasteiger partial charge in [-0.05, 0) is 55.2 Å². The summed E-state index contributed by atoms with van der Waals surface area (Å²) in [5, 5.41) is 2.81. The van der Waals surface area contributed by atoms with Crippen molar-refractivity contribution in [3.05, 3.63) is 59.7 Å². The Morgan fingerprint density at radius 1 is 0.958 bits per heavy atom.